The zero-order valence-electron chi connectivity index (χ0n) is 20.7. The van der Waals surface area contributed by atoms with E-state index in [0.717, 1.165) is 0 Å². The average molecular weight is 511 g/mol. The first-order valence-electron chi connectivity index (χ1n) is 11.7. The van der Waals surface area contributed by atoms with Gasteiger partial charge in [0.1, 0.15) is 23.9 Å². The molecule has 0 aromatic heterocycles. The van der Waals surface area contributed by atoms with Gasteiger partial charge in [-0.3, -0.25) is 14.4 Å². The van der Waals surface area contributed by atoms with Crippen molar-refractivity contribution in [2.75, 3.05) is 5.75 Å². The zero-order valence-corrected chi connectivity index (χ0v) is 21.5. The molecule has 5 unspecified atom stereocenters. The number of aromatic hydroxyl groups is 1. The molecule has 0 spiro atoms. The molecule has 0 aliphatic rings. The third-order valence-electron chi connectivity index (χ3n) is 5.66. The van der Waals surface area contributed by atoms with Gasteiger partial charge in [-0.25, -0.2) is 4.79 Å². The fourth-order valence-electron chi connectivity index (χ4n) is 3.37. The molecule has 0 heterocycles. The number of carbonyl (C=O) groups excluding carboxylic acids is 3. The van der Waals surface area contributed by atoms with Crippen LogP contribution in [0.15, 0.2) is 24.3 Å². The van der Waals surface area contributed by atoms with E-state index in [-0.39, 0.29) is 29.8 Å². The van der Waals surface area contributed by atoms with Crippen LogP contribution in [-0.4, -0.2) is 63.8 Å². The first-order valence-corrected chi connectivity index (χ1v) is 12.3. The molecule has 1 aromatic rings. The Morgan fingerprint density at radius 2 is 1.51 bits per heavy atom. The number of carboxylic acid groups (broad SMARTS) is 1. The van der Waals surface area contributed by atoms with Gasteiger partial charge in [0.2, 0.25) is 17.7 Å². The lowest BCUT2D eigenvalue weighted by molar-refractivity contribution is -0.142. The third-order valence-corrected chi connectivity index (χ3v) is 6.03. The Kier molecular flexibility index (Phi) is 12.6. The number of carboxylic acids is 1. The number of hydrogen-bond donors (Lipinski definition) is 7. The second kappa shape index (κ2) is 14.6. The molecule has 0 saturated carbocycles. The highest BCUT2D eigenvalue weighted by atomic mass is 32.1. The van der Waals surface area contributed by atoms with Crippen LogP contribution < -0.4 is 21.7 Å². The summed E-state index contributed by atoms with van der Waals surface area (Å²) in [5, 5.41) is 26.5. The molecular formula is C24H38N4O6S. The number of hydrogen-bond acceptors (Lipinski definition) is 7. The highest BCUT2D eigenvalue weighted by molar-refractivity contribution is 7.80. The second-order valence-corrected chi connectivity index (χ2v) is 9.49. The van der Waals surface area contributed by atoms with Crippen LogP contribution in [0.2, 0.25) is 0 Å². The minimum Gasteiger partial charge on any atom is -0.508 e. The zero-order chi connectivity index (χ0) is 26.7. The Morgan fingerprint density at radius 3 is 2.00 bits per heavy atom. The molecule has 1 aromatic carbocycles. The maximum absolute atomic E-state index is 13.3. The van der Waals surface area contributed by atoms with Gasteiger partial charge in [-0.2, -0.15) is 12.6 Å². The van der Waals surface area contributed by atoms with E-state index in [9.17, 15) is 29.4 Å². The number of nitrogens with two attached hydrogens (primary N) is 1. The Bertz CT molecular complexity index is 864. The van der Waals surface area contributed by atoms with Crippen molar-refractivity contribution in [2.24, 2.45) is 17.6 Å². The number of phenols is 1. The molecule has 0 radical (unpaired) electrons. The van der Waals surface area contributed by atoms with Crippen molar-refractivity contribution >= 4 is 36.3 Å². The van der Waals surface area contributed by atoms with Gasteiger partial charge < -0.3 is 31.9 Å². The molecule has 35 heavy (non-hydrogen) atoms. The lowest BCUT2D eigenvalue weighted by Crippen LogP contribution is -2.59. The summed E-state index contributed by atoms with van der Waals surface area (Å²) in [6.07, 6.45) is 1.05. The van der Waals surface area contributed by atoms with E-state index < -0.39 is 47.9 Å². The van der Waals surface area contributed by atoms with Crippen molar-refractivity contribution in [3.63, 3.8) is 0 Å². The summed E-state index contributed by atoms with van der Waals surface area (Å²) in [6, 6.07) is 2.08. The molecule has 3 amide bonds. The fourth-order valence-corrected chi connectivity index (χ4v) is 3.62. The summed E-state index contributed by atoms with van der Waals surface area (Å²) in [7, 11) is 0. The van der Waals surface area contributed by atoms with Crippen molar-refractivity contribution in [3.8, 4) is 5.75 Å². The summed E-state index contributed by atoms with van der Waals surface area (Å²) in [6.45, 7) is 7.45. The van der Waals surface area contributed by atoms with E-state index in [4.69, 9.17) is 5.73 Å². The molecule has 196 valence electrons. The summed E-state index contributed by atoms with van der Waals surface area (Å²) >= 11 is 3.96. The predicted molar refractivity (Wildman–Crippen MR) is 136 cm³/mol. The van der Waals surface area contributed by atoms with E-state index in [1.165, 1.54) is 12.1 Å². The quantitative estimate of drug-likeness (QED) is 0.182. The van der Waals surface area contributed by atoms with Crippen LogP contribution in [0.5, 0.6) is 5.75 Å². The van der Waals surface area contributed by atoms with Crippen molar-refractivity contribution in [1.29, 1.82) is 0 Å². The van der Waals surface area contributed by atoms with Gasteiger partial charge in [0, 0.05) is 12.2 Å². The highest BCUT2D eigenvalue weighted by Crippen LogP contribution is 2.14. The van der Waals surface area contributed by atoms with Gasteiger partial charge in [-0.1, -0.05) is 46.2 Å². The SMILES string of the molecule is CCC(C)C(NC(=O)C(Cc1ccc(O)cc1)NC(=O)C(N)CC(C)C)C(=O)NC(CS)C(=O)O. The molecule has 0 saturated heterocycles. The number of phenolic OH excluding ortho intramolecular Hbond substituents is 1. The third kappa shape index (κ3) is 10.2. The number of nitrogens with one attached hydrogen (secondary N) is 3. The minimum atomic E-state index is -1.24. The number of thiol groups is 1. The Hall–Kier alpha value is -2.79. The van der Waals surface area contributed by atoms with Crippen LogP contribution in [0.25, 0.3) is 0 Å². The van der Waals surface area contributed by atoms with Crippen LogP contribution >= 0.6 is 12.6 Å². The topological polar surface area (TPSA) is 171 Å². The van der Waals surface area contributed by atoms with Gasteiger partial charge in [0.25, 0.3) is 0 Å². The summed E-state index contributed by atoms with van der Waals surface area (Å²) in [5.74, 6) is -3.20. The standard InChI is InChI=1S/C24H38N4O6S/c1-5-14(4)20(23(32)27-19(12-35)24(33)34)28-22(31)18(11-15-6-8-16(29)9-7-15)26-21(30)17(25)10-13(2)3/h6-9,13-14,17-20,29,35H,5,10-12,25H2,1-4H3,(H,26,30)(H,27,32)(H,28,31)(H,33,34). The number of rotatable bonds is 14. The van der Waals surface area contributed by atoms with E-state index in [2.05, 4.69) is 28.6 Å². The van der Waals surface area contributed by atoms with E-state index in [0.29, 0.717) is 18.4 Å². The molecule has 0 fully saturated rings. The summed E-state index contributed by atoms with van der Waals surface area (Å²) in [5.41, 5.74) is 6.67. The Morgan fingerprint density at radius 1 is 0.943 bits per heavy atom. The van der Waals surface area contributed by atoms with Crippen LogP contribution in [0.3, 0.4) is 0 Å². The average Bonchev–Trinajstić information content (AvgIpc) is 2.80. The Balaban J connectivity index is 3.14. The molecular weight excluding hydrogens is 472 g/mol. The Labute approximate surface area is 211 Å². The lowest BCUT2D eigenvalue weighted by Gasteiger charge is -2.28. The van der Waals surface area contributed by atoms with Gasteiger partial charge in [0.05, 0.1) is 6.04 Å². The molecule has 0 aliphatic carbocycles. The van der Waals surface area contributed by atoms with E-state index in [1.54, 1.807) is 19.1 Å². The fraction of sp³-hybridized carbons (Fsp3) is 0.583. The molecule has 11 heteroatoms. The minimum absolute atomic E-state index is 0.0587. The van der Waals surface area contributed by atoms with Gasteiger partial charge in [0.15, 0.2) is 0 Å². The van der Waals surface area contributed by atoms with E-state index >= 15 is 0 Å². The number of aliphatic carboxylic acids is 1. The van der Waals surface area contributed by atoms with Gasteiger partial charge >= 0.3 is 5.97 Å². The molecule has 1 rings (SSSR count). The lowest BCUT2D eigenvalue weighted by atomic mass is 9.96. The number of carbonyl (C=O) groups is 4. The normalized spacial score (nSPS) is 15.4. The molecule has 7 N–H and O–H groups in total. The van der Waals surface area contributed by atoms with Crippen LogP contribution in [0.4, 0.5) is 0 Å². The van der Waals surface area contributed by atoms with Crippen LogP contribution in [0.1, 0.15) is 46.1 Å². The van der Waals surface area contributed by atoms with Crippen molar-refractivity contribution in [3.05, 3.63) is 29.8 Å². The highest BCUT2D eigenvalue weighted by Gasteiger charge is 2.32. The number of benzene rings is 1. The molecule has 0 aliphatic heterocycles. The maximum Gasteiger partial charge on any atom is 0.327 e. The number of amides is 3. The summed E-state index contributed by atoms with van der Waals surface area (Å²) < 4.78 is 0. The maximum atomic E-state index is 13.3. The van der Waals surface area contributed by atoms with Crippen molar-refractivity contribution < 1.29 is 29.4 Å². The van der Waals surface area contributed by atoms with Crippen LogP contribution in [0, 0.1) is 11.8 Å². The van der Waals surface area contributed by atoms with Gasteiger partial charge in [-0.05, 0) is 36.0 Å². The monoisotopic (exact) mass is 510 g/mol. The van der Waals surface area contributed by atoms with E-state index in [1.807, 2.05) is 20.8 Å². The van der Waals surface area contributed by atoms with Gasteiger partial charge in [-0.15, -0.1) is 0 Å². The molecule has 0 bridgehead atoms. The molecule has 5 atom stereocenters. The first-order chi connectivity index (χ1) is 16.4. The molecule has 10 nitrogen and oxygen atoms in total. The smallest absolute Gasteiger partial charge is 0.327 e. The summed E-state index contributed by atoms with van der Waals surface area (Å²) in [4.78, 5) is 50.2. The van der Waals surface area contributed by atoms with Crippen molar-refractivity contribution in [2.45, 2.75) is 71.1 Å². The van der Waals surface area contributed by atoms with Crippen LogP contribution in [-0.2, 0) is 25.6 Å². The largest absolute Gasteiger partial charge is 0.508 e. The first kappa shape index (κ1) is 30.2. The van der Waals surface area contributed by atoms with Crippen molar-refractivity contribution in [1.82, 2.24) is 16.0 Å². The second-order valence-electron chi connectivity index (χ2n) is 9.12. The predicted octanol–water partition coefficient (Wildman–Crippen LogP) is 0.823.